The second kappa shape index (κ2) is 10.3. The topological polar surface area (TPSA) is 84.5 Å². The van der Waals surface area contributed by atoms with E-state index in [9.17, 15) is 13.2 Å². The molecule has 0 bridgehead atoms. The number of hydrogen-bond acceptors (Lipinski definition) is 4. The average Bonchev–Trinajstić information content (AvgIpc) is 2.76. The highest BCUT2D eigenvalue weighted by atomic mass is 35.5. The predicted octanol–water partition coefficient (Wildman–Crippen LogP) is 5.25. The van der Waals surface area contributed by atoms with Crippen molar-refractivity contribution < 1.29 is 17.9 Å². The SMILES string of the molecule is CC(C)(C)c1ccccc1OCCNC(=O)c1ccc(Cl)c(S(=O)(=O)Nc2ccccc2)c1. The average molecular weight is 487 g/mol. The van der Waals surface area contributed by atoms with Gasteiger partial charge in [-0.25, -0.2) is 8.42 Å². The van der Waals surface area contributed by atoms with Crippen molar-refractivity contribution in [1.82, 2.24) is 5.32 Å². The molecule has 0 fully saturated rings. The minimum atomic E-state index is -3.97. The predicted molar refractivity (Wildman–Crippen MR) is 132 cm³/mol. The van der Waals surface area contributed by atoms with Gasteiger partial charge in [0.2, 0.25) is 0 Å². The molecule has 1 amide bonds. The summed E-state index contributed by atoms with van der Waals surface area (Å²) in [6.45, 7) is 6.85. The van der Waals surface area contributed by atoms with Gasteiger partial charge < -0.3 is 10.1 Å². The van der Waals surface area contributed by atoms with Crippen LogP contribution in [-0.4, -0.2) is 27.5 Å². The van der Waals surface area contributed by atoms with Gasteiger partial charge in [0.1, 0.15) is 17.3 Å². The van der Waals surface area contributed by atoms with Gasteiger partial charge in [0.25, 0.3) is 15.9 Å². The van der Waals surface area contributed by atoms with Crippen LogP contribution in [0.1, 0.15) is 36.7 Å². The number of anilines is 1. The highest BCUT2D eigenvalue weighted by Crippen LogP contribution is 2.31. The van der Waals surface area contributed by atoms with E-state index in [1.165, 1.54) is 18.2 Å². The molecule has 2 N–H and O–H groups in total. The Morgan fingerprint density at radius 2 is 1.64 bits per heavy atom. The number of sulfonamides is 1. The normalized spacial score (nSPS) is 11.6. The van der Waals surface area contributed by atoms with E-state index in [0.29, 0.717) is 5.69 Å². The third-order valence-electron chi connectivity index (χ3n) is 4.85. The standard InChI is InChI=1S/C25H27ClN2O4S/c1-25(2,3)20-11-7-8-12-22(20)32-16-15-27-24(29)18-13-14-21(26)23(17-18)33(30,31)28-19-9-5-4-6-10-19/h4-14,17,28H,15-16H2,1-3H3,(H,27,29). The molecule has 0 aliphatic carbocycles. The van der Waals surface area contributed by atoms with Gasteiger partial charge in [0.05, 0.1) is 11.6 Å². The van der Waals surface area contributed by atoms with Gasteiger partial charge >= 0.3 is 0 Å². The largest absolute Gasteiger partial charge is 0.491 e. The van der Waals surface area contributed by atoms with Crippen LogP contribution in [0.25, 0.3) is 0 Å². The molecule has 0 atom stereocenters. The lowest BCUT2D eigenvalue weighted by atomic mass is 9.86. The van der Waals surface area contributed by atoms with E-state index in [1.807, 2.05) is 24.3 Å². The van der Waals surface area contributed by atoms with Gasteiger partial charge in [-0.2, -0.15) is 0 Å². The highest BCUT2D eigenvalue weighted by Gasteiger charge is 2.21. The molecule has 0 radical (unpaired) electrons. The fraction of sp³-hybridized carbons (Fsp3) is 0.240. The first kappa shape index (κ1) is 24.6. The Kier molecular flexibility index (Phi) is 7.66. The number of hydrogen-bond donors (Lipinski definition) is 2. The van der Waals surface area contributed by atoms with Crippen molar-refractivity contribution >= 4 is 33.2 Å². The molecule has 0 heterocycles. The van der Waals surface area contributed by atoms with Crippen molar-refractivity contribution in [3.05, 3.63) is 88.9 Å². The number of rotatable bonds is 8. The second-order valence-corrected chi connectivity index (χ2v) is 10.5. The summed E-state index contributed by atoms with van der Waals surface area (Å²) < 4.78 is 33.9. The minimum absolute atomic E-state index is 0.0251. The molecular formula is C25H27ClN2O4S. The second-order valence-electron chi connectivity index (χ2n) is 8.47. The Labute approximate surface area is 200 Å². The number of carbonyl (C=O) groups is 1. The van der Waals surface area contributed by atoms with Gasteiger partial charge in [-0.3, -0.25) is 9.52 Å². The molecule has 174 valence electrons. The molecule has 0 aliphatic heterocycles. The quantitative estimate of drug-likeness (QED) is 0.426. The summed E-state index contributed by atoms with van der Waals surface area (Å²) in [7, 11) is -3.97. The van der Waals surface area contributed by atoms with Crippen LogP contribution in [0.5, 0.6) is 5.75 Å². The Morgan fingerprint density at radius 3 is 2.33 bits per heavy atom. The van der Waals surface area contributed by atoms with Crippen LogP contribution in [0, 0.1) is 0 Å². The number of halogens is 1. The lowest BCUT2D eigenvalue weighted by Crippen LogP contribution is -2.28. The molecule has 0 spiro atoms. The molecule has 8 heteroatoms. The van der Waals surface area contributed by atoms with Gasteiger partial charge in [0, 0.05) is 11.3 Å². The summed E-state index contributed by atoms with van der Waals surface area (Å²) in [5.74, 6) is 0.349. The number of amides is 1. The van der Waals surface area contributed by atoms with Crippen LogP contribution in [-0.2, 0) is 15.4 Å². The molecule has 0 aromatic heterocycles. The molecule has 0 unspecified atom stereocenters. The fourth-order valence-corrected chi connectivity index (χ4v) is 4.79. The molecule has 0 aliphatic rings. The number of benzene rings is 3. The van der Waals surface area contributed by atoms with Gasteiger partial charge in [-0.15, -0.1) is 0 Å². The maximum absolute atomic E-state index is 12.8. The summed E-state index contributed by atoms with van der Waals surface area (Å²) in [5, 5.41) is 2.78. The van der Waals surface area contributed by atoms with Crippen LogP contribution in [0.4, 0.5) is 5.69 Å². The van der Waals surface area contributed by atoms with Crippen molar-refractivity contribution in [2.75, 3.05) is 17.9 Å². The van der Waals surface area contributed by atoms with E-state index in [0.717, 1.165) is 11.3 Å². The number of ether oxygens (including phenoxy) is 1. The first-order valence-corrected chi connectivity index (χ1v) is 12.3. The van der Waals surface area contributed by atoms with Crippen LogP contribution in [0.15, 0.2) is 77.7 Å². The van der Waals surface area contributed by atoms with E-state index in [-0.39, 0.29) is 34.0 Å². The molecular weight excluding hydrogens is 460 g/mol. The van der Waals surface area contributed by atoms with E-state index in [1.54, 1.807) is 30.3 Å². The first-order chi connectivity index (χ1) is 15.6. The molecule has 3 rings (SSSR count). The van der Waals surface area contributed by atoms with Gasteiger partial charge in [0.15, 0.2) is 0 Å². The molecule has 0 saturated carbocycles. The Morgan fingerprint density at radius 1 is 0.970 bits per heavy atom. The zero-order valence-corrected chi connectivity index (χ0v) is 20.3. The Balaban J connectivity index is 1.65. The van der Waals surface area contributed by atoms with Crippen molar-refractivity contribution in [3.63, 3.8) is 0 Å². The van der Waals surface area contributed by atoms with Crippen LogP contribution >= 0.6 is 11.6 Å². The van der Waals surface area contributed by atoms with E-state index in [4.69, 9.17) is 16.3 Å². The Hall–Kier alpha value is -3.03. The van der Waals surface area contributed by atoms with Crippen LogP contribution in [0.2, 0.25) is 5.02 Å². The highest BCUT2D eigenvalue weighted by molar-refractivity contribution is 7.92. The summed E-state index contributed by atoms with van der Waals surface area (Å²) in [5.41, 5.74) is 1.59. The number of carbonyl (C=O) groups excluding carboxylic acids is 1. The minimum Gasteiger partial charge on any atom is -0.491 e. The van der Waals surface area contributed by atoms with Crippen molar-refractivity contribution in [3.8, 4) is 5.75 Å². The molecule has 3 aromatic carbocycles. The van der Waals surface area contributed by atoms with E-state index in [2.05, 4.69) is 30.8 Å². The summed E-state index contributed by atoms with van der Waals surface area (Å²) >= 11 is 6.13. The molecule has 33 heavy (non-hydrogen) atoms. The van der Waals surface area contributed by atoms with Crippen LogP contribution in [0.3, 0.4) is 0 Å². The Bertz CT molecular complexity index is 1220. The van der Waals surface area contributed by atoms with E-state index >= 15 is 0 Å². The number of nitrogens with one attached hydrogen (secondary N) is 2. The zero-order chi connectivity index (χ0) is 24.1. The molecule has 6 nitrogen and oxygen atoms in total. The maximum Gasteiger partial charge on any atom is 0.263 e. The third kappa shape index (κ3) is 6.49. The van der Waals surface area contributed by atoms with Crippen molar-refractivity contribution in [1.29, 1.82) is 0 Å². The maximum atomic E-state index is 12.8. The van der Waals surface area contributed by atoms with Crippen LogP contribution < -0.4 is 14.8 Å². The smallest absolute Gasteiger partial charge is 0.263 e. The fourth-order valence-electron chi connectivity index (χ4n) is 3.21. The summed E-state index contributed by atoms with van der Waals surface area (Å²) in [6.07, 6.45) is 0. The lowest BCUT2D eigenvalue weighted by Gasteiger charge is -2.22. The van der Waals surface area contributed by atoms with Gasteiger partial charge in [-0.1, -0.05) is 68.8 Å². The van der Waals surface area contributed by atoms with Crippen molar-refractivity contribution in [2.45, 2.75) is 31.1 Å². The van der Waals surface area contributed by atoms with Gasteiger partial charge in [-0.05, 0) is 47.4 Å². The molecule has 3 aromatic rings. The zero-order valence-electron chi connectivity index (χ0n) is 18.8. The molecule has 0 saturated heterocycles. The van der Waals surface area contributed by atoms with E-state index < -0.39 is 15.9 Å². The summed E-state index contributed by atoms with van der Waals surface area (Å²) in [4.78, 5) is 12.4. The summed E-state index contributed by atoms with van der Waals surface area (Å²) in [6, 6.07) is 20.4. The third-order valence-corrected chi connectivity index (χ3v) is 6.71. The lowest BCUT2D eigenvalue weighted by molar-refractivity contribution is 0.0946. The number of para-hydroxylation sites is 2. The van der Waals surface area contributed by atoms with Crippen molar-refractivity contribution in [2.24, 2.45) is 0 Å². The monoisotopic (exact) mass is 486 g/mol. The first-order valence-electron chi connectivity index (χ1n) is 10.5.